The van der Waals surface area contributed by atoms with Crippen LogP contribution in [0.2, 0.25) is 0 Å². The first-order valence-corrected chi connectivity index (χ1v) is 15.6. The fourth-order valence-corrected chi connectivity index (χ4v) is 5.76. The van der Waals surface area contributed by atoms with E-state index in [1.807, 2.05) is 41.8 Å². The maximum Gasteiger partial charge on any atom is 0.272 e. The minimum absolute atomic E-state index is 0.0557. The molecule has 0 aliphatic rings. The SMILES string of the molecule is COc1ccc(-c2csc(NC(=O)C(C)Sc3cccc(NC(=O)/C(=C/c4cccnc4)NC(=O)c4ccccc4)c3)n2)cc1. The Morgan fingerprint density at radius 2 is 1.73 bits per heavy atom. The summed E-state index contributed by atoms with van der Waals surface area (Å²) in [6.07, 6.45) is 4.78. The highest BCUT2D eigenvalue weighted by Crippen LogP contribution is 2.29. The third-order valence-corrected chi connectivity index (χ3v) is 8.27. The highest BCUT2D eigenvalue weighted by atomic mass is 32.2. The predicted octanol–water partition coefficient (Wildman–Crippen LogP) is 6.74. The average Bonchev–Trinajstić information content (AvgIpc) is 3.54. The van der Waals surface area contributed by atoms with Crippen molar-refractivity contribution in [3.8, 4) is 17.0 Å². The van der Waals surface area contributed by atoms with Gasteiger partial charge < -0.3 is 20.7 Å². The fourth-order valence-electron chi connectivity index (χ4n) is 4.11. The highest BCUT2D eigenvalue weighted by molar-refractivity contribution is 8.00. The number of methoxy groups -OCH3 is 1. The summed E-state index contributed by atoms with van der Waals surface area (Å²) in [4.78, 5) is 48.6. The van der Waals surface area contributed by atoms with Crippen LogP contribution in [0.3, 0.4) is 0 Å². The number of hydrogen-bond donors (Lipinski definition) is 3. The van der Waals surface area contributed by atoms with Crippen molar-refractivity contribution in [2.24, 2.45) is 0 Å². The van der Waals surface area contributed by atoms with E-state index >= 15 is 0 Å². The van der Waals surface area contributed by atoms with Gasteiger partial charge in [0.2, 0.25) is 5.91 Å². The van der Waals surface area contributed by atoms with Crippen LogP contribution < -0.4 is 20.7 Å². The maximum absolute atomic E-state index is 13.4. The second kappa shape index (κ2) is 15.0. The molecular weight excluding hydrogens is 607 g/mol. The zero-order valence-corrected chi connectivity index (χ0v) is 26.0. The molecule has 0 aliphatic heterocycles. The van der Waals surface area contributed by atoms with Gasteiger partial charge in [-0.3, -0.25) is 19.4 Å². The number of ether oxygens (including phenoxy) is 1. The first kappa shape index (κ1) is 31.2. The van der Waals surface area contributed by atoms with E-state index in [0.29, 0.717) is 21.9 Å². The molecule has 0 spiro atoms. The third-order valence-electron chi connectivity index (χ3n) is 6.42. The lowest BCUT2D eigenvalue weighted by atomic mass is 10.2. The van der Waals surface area contributed by atoms with E-state index < -0.39 is 17.1 Å². The average molecular weight is 636 g/mol. The van der Waals surface area contributed by atoms with Gasteiger partial charge in [0.15, 0.2) is 5.13 Å². The summed E-state index contributed by atoms with van der Waals surface area (Å²) >= 11 is 2.70. The van der Waals surface area contributed by atoms with Crippen LogP contribution in [-0.2, 0) is 9.59 Å². The Morgan fingerprint density at radius 3 is 2.47 bits per heavy atom. The van der Waals surface area contributed by atoms with E-state index in [9.17, 15) is 14.4 Å². The Hall–Kier alpha value is -5.26. The number of hydrogen-bond acceptors (Lipinski definition) is 8. The number of carbonyl (C=O) groups is 3. The van der Waals surface area contributed by atoms with Crippen molar-refractivity contribution in [1.29, 1.82) is 0 Å². The molecule has 3 aromatic carbocycles. The van der Waals surface area contributed by atoms with E-state index in [0.717, 1.165) is 21.9 Å². The third kappa shape index (κ3) is 8.65. The van der Waals surface area contributed by atoms with Gasteiger partial charge in [0.25, 0.3) is 11.8 Å². The number of aromatic nitrogens is 2. The van der Waals surface area contributed by atoms with Gasteiger partial charge in [-0.1, -0.05) is 30.3 Å². The molecule has 5 aromatic rings. The lowest BCUT2D eigenvalue weighted by Gasteiger charge is -2.13. The molecule has 3 N–H and O–H groups in total. The van der Waals surface area contributed by atoms with Crippen LogP contribution in [0, 0.1) is 0 Å². The molecule has 5 rings (SSSR count). The number of nitrogens with zero attached hydrogens (tertiary/aromatic N) is 2. The van der Waals surface area contributed by atoms with E-state index in [2.05, 4.69) is 25.9 Å². The molecule has 0 aliphatic carbocycles. The van der Waals surface area contributed by atoms with Crippen LogP contribution in [0.15, 0.2) is 119 Å². The Bertz CT molecular complexity index is 1810. The van der Waals surface area contributed by atoms with Gasteiger partial charge in [0.05, 0.1) is 18.1 Å². The van der Waals surface area contributed by atoms with Crippen LogP contribution in [0.4, 0.5) is 10.8 Å². The molecule has 45 heavy (non-hydrogen) atoms. The minimum atomic E-state index is -0.507. The number of rotatable bonds is 11. The summed E-state index contributed by atoms with van der Waals surface area (Å²) in [5, 5.41) is 10.4. The second-order valence-electron chi connectivity index (χ2n) is 9.66. The van der Waals surface area contributed by atoms with E-state index in [1.165, 1.54) is 23.1 Å². The molecule has 1 unspecified atom stereocenters. The molecule has 0 fully saturated rings. The Morgan fingerprint density at radius 1 is 0.933 bits per heavy atom. The number of carbonyl (C=O) groups excluding carboxylic acids is 3. The van der Waals surface area contributed by atoms with Crippen LogP contribution in [0.1, 0.15) is 22.8 Å². The summed E-state index contributed by atoms with van der Waals surface area (Å²) in [5.41, 5.74) is 3.32. The molecule has 1 atom stereocenters. The van der Waals surface area contributed by atoms with E-state index in [4.69, 9.17) is 4.74 Å². The molecule has 2 heterocycles. The van der Waals surface area contributed by atoms with Crippen molar-refractivity contribution >= 4 is 57.7 Å². The van der Waals surface area contributed by atoms with Crippen LogP contribution in [0.5, 0.6) is 5.75 Å². The predicted molar refractivity (Wildman–Crippen MR) is 179 cm³/mol. The molecule has 0 radical (unpaired) electrons. The first-order valence-electron chi connectivity index (χ1n) is 13.8. The molecule has 226 valence electrons. The van der Waals surface area contributed by atoms with Gasteiger partial charge in [-0.05, 0) is 79.2 Å². The lowest BCUT2D eigenvalue weighted by Crippen LogP contribution is -2.30. The largest absolute Gasteiger partial charge is 0.497 e. The minimum Gasteiger partial charge on any atom is -0.497 e. The molecule has 2 aromatic heterocycles. The quantitative estimate of drug-likeness (QED) is 0.109. The number of benzene rings is 3. The monoisotopic (exact) mass is 635 g/mol. The smallest absolute Gasteiger partial charge is 0.272 e. The van der Waals surface area contributed by atoms with Crippen molar-refractivity contribution in [3.05, 3.63) is 126 Å². The number of anilines is 2. The highest BCUT2D eigenvalue weighted by Gasteiger charge is 2.18. The molecule has 9 nitrogen and oxygen atoms in total. The van der Waals surface area contributed by atoms with E-state index in [-0.39, 0.29) is 11.6 Å². The van der Waals surface area contributed by atoms with Crippen LogP contribution >= 0.6 is 23.1 Å². The molecule has 0 saturated carbocycles. The summed E-state index contributed by atoms with van der Waals surface area (Å²) in [6.45, 7) is 1.80. The summed E-state index contributed by atoms with van der Waals surface area (Å²) in [7, 11) is 1.62. The molecule has 3 amide bonds. The zero-order chi connectivity index (χ0) is 31.6. The topological polar surface area (TPSA) is 122 Å². The van der Waals surface area contributed by atoms with Gasteiger partial charge in [-0.15, -0.1) is 23.1 Å². The number of pyridine rings is 1. The summed E-state index contributed by atoms with van der Waals surface area (Å²) in [6, 6.07) is 26.9. The summed E-state index contributed by atoms with van der Waals surface area (Å²) < 4.78 is 5.21. The van der Waals surface area contributed by atoms with Gasteiger partial charge in [0, 0.05) is 39.5 Å². The van der Waals surface area contributed by atoms with Crippen LogP contribution in [-0.4, -0.2) is 40.0 Å². The second-order valence-corrected chi connectivity index (χ2v) is 11.9. The number of thioether (sulfide) groups is 1. The Kier molecular flexibility index (Phi) is 10.4. The van der Waals surface area contributed by atoms with E-state index in [1.54, 1.807) is 87.1 Å². The zero-order valence-electron chi connectivity index (χ0n) is 24.4. The van der Waals surface area contributed by atoms with Crippen molar-refractivity contribution in [1.82, 2.24) is 15.3 Å². The number of amides is 3. The van der Waals surface area contributed by atoms with Gasteiger partial charge in [-0.25, -0.2) is 4.98 Å². The number of thiazole rings is 1. The molecule has 0 saturated heterocycles. The van der Waals surface area contributed by atoms with Crippen molar-refractivity contribution < 1.29 is 19.1 Å². The lowest BCUT2D eigenvalue weighted by molar-refractivity contribution is -0.115. The standard InChI is InChI=1S/C34H29N5O4S2/c1-22(31(40)39-34-38-30(21-44-34)24-13-15-27(43-2)16-14-24)45-28-12-6-11-26(19-28)36-33(42)29(18-23-8-7-17-35-20-23)37-32(41)25-9-4-3-5-10-25/h3-22H,1-2H3,(H,36,42)(H,37,41)(H,38,39,40)/b29-18-. The van der Waals surface area contributed by atoms with Crippen molar-refractivity contribution in [3.63, 3.8) is 0 Å². The summed E-state index contributed by atoms with van der Waals surface area (Å²) in [5.74, 6) is -0.363. The maximum atomic E-state index is 13.4. The van der Waals surface area contributed by atoms with Gasteiger partial charge >= 0.3 is 0 Å². The Balaban J connectivity index is 1.23. The van der Waals surface area contributed by atoms with Gasteiger partial charge in [-0.2, -0.15) is 0 Å². The van der Waals surface area contributed by atoms with Crippen molar-refractivity contribution in [2.45, 2.75) is 17.1 Å². The Labute approximate surface area is 268 Å². The fraction of sp³-hybridized carbons (Fsp3) is 0.0882. The molecule has 11 heteroatoms. The molecular formula is C34H29N5O4S2. The van der Waals surface area contributed by atoms with Crippen molar-refractivity contribution in [2.75, 3.05) is 17.7 Å². The number of nitrogens with one attached hydrogen (secondary N) is 3. The molecule has 0 bridgehead atoms. The normalized spacial score (nSPS) is 11.7. The van der Waals surface area contributed by atoms with Gasteiger partial charge in [0.1, 0.15) is 11.4 Å². The van der Waals surface area contributed by atoms with Crippen LogP contribution in [0.25, 0.3) is 17.3 Å². The first-order chi connectivity index (χ1) is 21.9.